The number of nitrogens with one attached hydrogen (secondary N) is 1. The highest BCUT2D eigenvalue weighted by molar-refractivity contribution is 7.91. The summed E-state index contributed by atoms with van der Waals surface area (Å²) >= 11 is 0.751. The molecule has 3 rings (SSSR count). The molecule has 1 unspecified atom stereocenters. The van der Waals surface area contributed by atoms with Crippen LogP contribution in [0.1, 0.15) is 5.56 Å². The molecule has 0 aliphatic heterocycles. The summed E-state index contributed by atoms with van der Waals surface area (Å²) in [5, 5.41) is 16.5. The molecular weight excluding hydrogens is 496 g/mol. The fourth-order valence-corrected chi connectivity index (χ4v) is 5.92. The third-order valence-corrected chi connectivity index (χ3v) is 7.90. The van der Waals surface area contributed by atoms with Crippen molar-refractivity contribution in [2.24, 2.45) is 5.73 Å². The van der Waals surface area contributed by atoms with Gasteiger partial charge in [-0.15, -0.1) is 10.2 Å². The van der Waals surface area contributed by atoms with Gasteiger partial charge in [-0.1, -0.05) is 11.3 Å². The number of ether oxygens (including phenoxy) is 1. The smallest absolute Gasteiger partial charge is 0.391 e. The van der Waals surface area contributed by atoms with Crippen molar-refractivity contribution >= 4 is 29.0 Å². The second kappa shape index (κ2) is 10.3. The van der Waals surface area contributed by atoms with Gasteiger partial charge in [0.05, 0.1) is 5.56 Å². The van der Waals surface area contributed by atoms with Gasteiger partial charge in [0.2, 0.25) is 4.34 Å². The quantitative estimate of drug-likeness (QED) is 0.340. The topological polar surface area (TPSA) is 178 Å². The molecule has 0 aliphatic rings. The summed E-state index contributed by atoms with van der Waals surface area (Å²) < 4.78 is 62.5. The van der Waals surface area contributed by atoms with Crippen LogP contribution in [0.25, 0.3) is 10.6 Å². The van der Waals surface area contributed by atoms with E-state index >= 15 is 0 Å². The van der Waals surface area contributed by atoms with Gasteiger partial charge in [0, 0.05) is 18.2 Å². The van der Waals surface area contributed by atoms with Gasteiger partial charge < -0.3 is 19.9 Å². The van der Waals surface area contributed by atoms with E-state index in [9.17, 15) is 22.3 Å². The zero-order valence-electron chi connectivity index (χ0n) is 16.7. The lowest BCUT2D eigenvalue weighted by Crippen LogP contribution is -2.25. The number of nitrogens with zero attached hydrogens (tertiary/aromatic N) is 3. The first kappa shape index (κ1) is 24.7. The number of rotatable bonds is 10. The number of benzene rings is 2. The normalized spacial score (nSPS) is 13.2. The number of halogens is 1. The molecule has 33 heavy (non-hydrogen) atoms. The second-order valence-electron chi connectivity index (χ2n) is 6.32. The van der Waals surface area contributed by atoms with Gasteiger partial charge in [0.1, 0.15) is 41.3 Å². The van der Waals surface area contributed by atoms with E-state index in [4.69, 9.17) is 20.3 Å². The number of hydrogen-bond donors (Lipinski definition) is 3. The lowest BCUT2D eigenvalue weighted by atomic mass is 10.2. The minimum absolute atomic E-state index is 0.277. The van der Waals surface area contributed by atoms with Gasteiger partial charge in [-0.25, -0.2) is 17.4 Å². The molecule has 1 atom stereocenters. The van der Waals surface area contributed by atoms with Crippen LogP contribution < -0.4 is 19.7 Å². The first-order valence-electron chi connectivity index (χ1n) is 9.11. The van der Waals surface area contributed by atoms with E-state index in [0.717, 1.165) is 29.5 Å². The van der Waals surface area contributed by atoms with Crippen LogP contribution in [0.2, 0.25) is 0 Å². The molecule has 0 amide bonds. The van der Waals surface area contributed by atoms with Crippen LogP contribution in [0.4, 0.5) is 4.39 Å². The fourth-order valence-electron chi connectivity index (χ4n) is 2.37. The average molecular weight is 513 g/mol. The van der Waals surface area contributed by atoms with Crippen LogP contribution in [0.5, 0.6) is 11.5 Å². The van der Waals surface area contributed by atoms with Crippen LogP contribution in [-0.4, -0.2) is 42.9 Å². The highest BCUT2D eigenvalue weighted by Crippen LogP contribution is 2.42. The minimum Gasteiger partial charge on any atom is -0.492 e. The van der Waals surface area contributed by atoms with Crippen LogP contribution in [0.15, 0.2) is 46.8 Å². The predicted molar refractivity (Wildman–Crippen MR) is 117 cm³/mol. The molecule has 0 radical (unpaired) electrons. The first-order valence-corrected chi connectivity index (χ1v) is 13.2. The van der Waals surface area contributed by atoms with E-state index in [1.807, 2.05) is 4.72 Å². The number of aromatic nitrogens is 2. The molecule has 174 valence electrons. The molecule has 2 aromatic carbocycles. The van der Waals surface area contributed by atoms with E-state index in [2.05, 4.69) is 10.2 Å². The summed E-state index contributed by atoms with van der Waals surface area (Å²) in [4.78, 5) is 9.93. The molecule has 11 nitrogen and oxygen atoms in total. The summed E-state index contributed by atoms with van der Waals surface area (Å²) in [5.41, 5.74) is 5.69. The lowest BCUT2D eigenvalue weighted by Gasteiger charge is -2.13. The third kappa shape index (κ3) is 6.55. The number of sulfonamides is 1. The molecule has 0 spiro atoms. The summed E-state index contributed by atoms with van der Waals surface area (Å²) in [6, 6.07) is 11.2. The zero-order chi connectivity index (χ0) is 24.1. The Hall–Kier alpha value is -2.92. The van der Waals surface area contributed by atoms with Crippen molar-refractivity contribution < 1.29 is 31.5 Å². The number of hydrogen-bond acceptors (Lipinski definition) is 10. The Bertz CT molecular complexity index is 1330. The predicted octanol–water partition coefficient (Wildman–Crippen LogP) is 2.05. The first-order chi connectivity index (χ1) is 15.6. The van der Waals surface area contributed by atoms with Crippen LogP contribution >= 0.6 is 18.9 Å². The minimum atomic E-state index is -4.55. The molecule has 0 fully saturated rings. The third-order valence-electron chi connectivity index (χ3n) is 3.89. The van der Waals surface area contributed by atoms with Gasteiger partial charge in [0.15, 0.2) is 0 Å². The Morgan fingerprint density at radius 2 is 1.91 bits per heavy atom. The van der Waals surface area contributed by atoms with Crippen molar-refractivity contribution in [2.75, 3.05) is 19.4 Å². The second-order valence-corrected chi connectivity index (χ2v) is 11.0. The molecule has 1 aromatic heterocycles. The van der Waals surface area contributed by atoms with Crippen LogP contribution in [-0.2, 0) is 14.6 Å². The summed E-state index contributed by atoms with van der Waals surface area (Å²) in [5.74, 6) is -0.700. The average Bonchev–Trinajstić information content (AvgIpc) is 3.28. The summed E-state index contributed by atoms with van der Waals surface area (Å²) in [6.45, 7) is 0.716. The van der Waals surface area contributed by atoms with Gasteiger partial charge >= 0.3 is 7.60 Å². The van der Waals surface area contributed by atoms with E-state index in [1.54, 1.807) is 30.3 Å². The number of nitriles is 1. The Morgan fingerprint density at radius 1 is 1.21 bits per heavy atom. The van der Waals surface area contributed by atoms with Crippen molar-refractivity contribution in [3.05, 3.63) is 53.8 Å². The molecule has 3 aromatic rings. The highest BCUT2D eigenvalue weighted by atomic mass is 32.2. The molecule has 15 heteroatoms. The number of nitrogens with two attached hydrogens (primary N) is 1. The van der Waals surface area contributed by atoms with E-state index in [0.29, 0.717) is 29.5 Å². The van der Waals surface area contributed by atoms with Crippen molar-refractivity contribution in [3.63, 3.8) is 0 Å². The van der Waals surface area contributed by atoms with E-state index in [-0.39, 0.29) is 11.3 Å². The standard InChI is InChI=1S/C18H17FN5O6PS2/c19-16-9-15(6-3-13(16)10-21)30-31(25,26)11-22-33(27,28)18-24-23-17(32-18)12-1-4-14(5-2-12)29-8-7-20/h1-6,9,22H,7-8,11,20H2,(H,25,26). The fraction of sp³-hybridized carbons (Fsp3) is 0.167. The largest absolute Gasteiger partial charge is 0.492 e. The molecule has 0 saturated carbocycles. The van der Waals surface area contributed by atoms with Crippen molar-refractivity contribution in [3.8, 4) is 28.1 Å². The molecule has 0 saturated heterocycles. The zero-order valence-corrected chi connectivity index (χ0v) is 19.2. The van der Waals surface area contributed by atoms with Crippen molar-refractivity contribution in [2.45, 2.75) is 4.34 Å². The SMILES string of the molecule is N#Cc1ccc(OP(=O)(O)CNS(=O)(=O)c2nnc(-c3ccc(OCCN)cc3)s2)cc1F. The summed E-state index contributed by atoms with van der Waals surface area (Å²) in [6.07, 6.45) is -1.00. The van der Waals surface area contributed by atoms with Crippen molar-refractivity contribution in [1.82, 2.24) is 14.9 Å². The Kier molecular flexibility index (Phi) is 7.75. The van der Waals surface area contributed by atoms with Gasteiger partial charge in [-0.05, 0) is 36.4 Å². The van der Waals surface area contributed by atoms with E-state index < -0.39 is 34.1 Å². The van der Waals surface area contributed by atoms with Crippen LogP contribution in [0, 0.1) is 17.1 Å². The molecule has 0 aliphatic carbocycles. The van der Waals surface area contributed by atoms with Gasteiger partial charge in [-0.3, -0.25) is 0 Å². The van der Waals surface area contributed by atoms with Crippen molar-refractivity contribution in [1.29, 1.82) is 5.26 Å². The van der Waals surface area contributed by atoms with Gasteiger partial charge in [-0.2, -0.15) is 9.98 Å². The lowest BCUT2D eigenvalue weighted by molar-refractivity contribution is 0.328. The Balaban J connectivity index is 1.66. The van der Waals surface area contributed by atoms with Crippen LogP contribution in [0.3, 0.4) is 0 Å². The van der Waals surface area contributed by atoms with E-state index in [1.165, 1.54) is 0 Å². The maximum absolute atomic E-state index is 13.6. The maximum Gasteiger partial charge on any atom is 0.391 e. The highest BCUT2D eigenvalue weighted by Gasteiger charge is 2.28. The van der Waals surface area contributed by atoms with Gasteiger partial charge in [0.25, 0.3) is 10.0 Å². The monoisotopic (exact) mass is 513 g/mol. The maximum atomic E-state index is 13.6. The molecular formula is C18H17FN5O6PS2. The Labute approximate surface area is 192 Å². The summed E-state index contributed by atoms with van der Waals surface area (Å²) in [7, 11) is -8.83. The molecule has 0 bridgehead atoms. The Morgan fingerprint density at radius 3 is 2.55 bits per heavy atom. The molecule has 1 heterocycles. The molecule has 4 N–H and O–H groups in total.